The summed E-state index contributed by atoms with van der Waals surface area (Å²) in [6, 6.07) is 15.8. The van der Waals surface area contributed by atoms with E-state index in [-0.39, 0.29) is 11.8 Å². The number of carbonyl (C=O) groups excluding carboxylic acids is 2. The molecule has 0 aliphatic heterocycles. The van der Waals surface area contributed by atoms with Gasteiger partial charge in [0.25, 0.3) is 0 Å². The zero-order valence-electron chi connectivity index (χ0n) is 14.9. The van der Waals surface area contributed by atoms with Crippen molar-refractivity contribution < 1.29 is 14.3 Å². The number of ether oxygens (including phenoxy) is 1. The Morgan fingerprint density at radius 3 is 1.74 bits per heavy atom. The summed E-state index contributed by atoms with van der Waals surface area (Å²) >= 11 is 0. The number of anilines is 4. The molecule has 0 aliphatic carbocycles. The average Bonchev–Trinajstić information content (AvgIpc) is 2.68. The van der Waals surface area contributed by atoms with E-state index >= 15 is 0 Å². The fourth-order valence-electron chi connectivity index (χ4n) is 2.39. The monoisotopic (exact) mass is 362 g/mol. The molecule has 1 heterocycles. The van der Waals surface area contributed by atoms with E-state index in [1.165, 1.54) is 20.4 Å². The van der Waals surface area contributed by atoms with E-state index in [9.17, 15) is 9.59 Å². The van der Waals surface area contributed by atoms with Gasteiger partial charge >= 0.3 is 5.97 Å². The first-order valence-corrected chi connectivity index (χ1v) is 8.20. The number of methoxy groups -OCH3 is 1. The third kappa shape index (κ3) is 4.66. The lowest BCUT2D eigenvalue weighted by atomic mass is 10.1. The highest BCUT2D eigenvalue weighted by Gasteiger charge is 2.06. The summed E-state index contributed by atoms with van der Waals surface area (Å²) < 4.78 is 4.68. The number of nitrogens with one attached hydrogen (secondary N) is 2. The standard InChI is InChI=1S/C20H18N4O3/c1-13(25)14-3-7-16(8-4-14)23-18-11-19(22-12-21-18)24-17-9-5-15(6-10-17)20(26)27-2/h3-12H,1-2H3,(H2,21,22,23,24). The molecule has 0 atom stereocenters. The number of carbonyl (C=O) groups is 2. The number of nitrogens with zero attached hydrogens (tertiary/aromatic N) is 2. The van der Waals surface area contributed by atoms with Gasteiger partial charge in [-0.3, -0.25) is 4.79 Å². The van der Waals surface area contributed by atoms with Crippen molar-refractivity contribution in [2.75, 3.05) is 17.7 Å². The molecule has 7 heteroatoms. The lowest BCUT2D eigenvalue weighted by Crippen LogP contribution is -2.02. The van der Waals surface area contributed by atoms with Crippen molar-refractivity contribution >= 4 is 34.8 Å². The maximum absolute atomic E-state index is 11.5. The van der Waals surface area contributed by atoms with Crippen LogP contribution >= 0.6 is 0 Å². The van der Waals surface area contributed by atoms with E-state index in [1.54, 1.807) is 42.5 Å². The summed E-state index contributed by atoms with van der Waals surface area (Å²) in [6.45, 7) is 1.53. The van der Waals surface area contributed by atoms with Crippen molar-refractivity contribution in [3.05, 3.63) is 72.1 Å². The number of esters is 1. The lowest BCUT2D eigenvalue weighted by Gasteiger charge is -2.09. The van der Waals surface area contributed by atoms with Crippen LogP contribution in [0.4, 0.5) is 23.0 Å². The molecule has 0 saturated carbocycles. The molecule has 1 aromatic heterocycles. The first-order chi connectivity index (χ1) is 13.0. The highest BCUT2D eigenvalue weighted by atomic mass is 16.5. The quantitative estimate of drug-likeness (QED) is 0.506. The molecular formula is C20H18N4O3. The van der Waals surface area contributed by atoms with Crippen LogP contribution in [0.2, 0.25) is 0 Å². The van der Waals surface area contributed by atoms with Gasteiger partial charge in [0.1, 0.15) is 18.0 Å². The summed E-state index contributed by atoms with van der Waals surface area (Å²) in [4.78, 5) is 31.2. The number of Topliss-reactive ketones (excluding diaryl/α,β-unsaturated/α-hetero) is 1. The molecule has 0 radical (unpaired) electrons. The van der Waals surface area contributed by atoms with E-state index in [4.69, 9.17) is 0 Å². The zero-order valence-corrected chi connectivity index (χ0v) is 14.9. The molecule has 2 aromatic carbocycles. The van der Waals surface area contributed by atoms with Crippen molar-refractivity contribution in [1.29, 1.82) is 0 Å². The van der Waals surface area contributed by atoms with Crippen molar-refractivity contribution in [3.8, 4) is 0 Å². The molecule has 2 N–H and O–H groups in total. The largest absolute Gasteiger partial charge is 0.465 e. The third-order valence-corrected chi connectivity index (χ3v) is 3.81. The van der Waals surface area contributed by atoms with Gasteiger partial charge in [-0.1, -0.05) is 0 Å². The van der Waals surface area contributed by atoms with Crippen LogP contribution in [-0.2, 0) is 4.74 Å². The Morgan fingerprint density at radius 2 is 1.30 bits per heavy atom. The Morgan fingerprint density at radius 1 is 0.815 bits per heavy atom. The predicted molar refractivity (Wildman–Crippen MR) is 103 cm³/mol. The molecular weight excluding hydrogens is 344 g/mol. The molecule has 3 aromatic rings. The van der Waals surface area contributed by atoms with Crippen molar-refractivity contribution in [3.63, 3.8) is 0 Å². The van der Waals surface area contributed by atoms with Crippen LogP contribution in [-0.4, -0.2) is 28.8 Å². The minimum absolute atomic E-state index is 0.0216. The van der Waals surface area contributed by atoms with Gasteiger partial charge in [-0.15, -0.1) is 0 Å². The van der Waals surface area contributed by atoms with Crippen molar-refractivity contribution in [2.45, 2.75) is 6.92 Å². The van der Waals surface area contributed by atoms with E-state index < -0.39 is 0 Å². The maximum atomic E-state index is 11.5. The van der Waals surface area contributed by atoms with Crippen LogP contribution in [0.1, 0.15) is 27.6 Å². The van der Waals surface area contributed by atoms with Crippen molar-refractivity contribution in [2.24, 2.45) is 0 Å². The second-order valence-electron chi connectivity index (χ2n) is 5.74. The molecule has 0 fully saturated rings. The number of ketones is 1. The summed E-state index contributed by atoms with van der Waals surface area (Å²) in [5, 5.41) is 6.31. The lowest BCUT2D eigenvalue weighted by molar-refractivity contribution is 0.0600. The number of benzene rings is 2. The summed E-state index contributed by atoms with van der Waals surface area (Å²) in [6.07, 6.45) is 1.44. The van der Waals surface area contributed by atoms with Gasteiger partial charge in [0, 0.05) is 23.0 Å². The minimum Gasteiger partial charge on any atom is -0.465 e. The first kappa shape index (κ1) is 18.1. The van der Waals surface area contributed by atoms with Gasteiger partial charge in [-0.2, -0.15) is 0 Å². The summed E-state index contributed by atoms with van der Waals surface area (Å²) in [7, 11) is 1.34. The van der Waals surface area contributed by atoms with Crippen LogP contribution < -0.4 is 10.6 Å². The molecule has 27 heavy (non-hydrogen) atoms. The molecule has 0 unspecified atom stereocenters. The van der Waals surface area contributed by atoms with E-state index in [2.05, 4.69) is 25.3 Å². The molecule has 3 rings (SSSR count). The second-order valence-corrected chi connectivity index (χ2v) is 5.74. The van der Waals surface area contributed by atoms with E-state index in [0.717, 1.165) is 11.4 Å². The molecule has 7 nitrogen and oxygen atoms in total. The molecule has 0 aliphatic rings. The summed E-state index contributed by atoms with van der Waals surface area (Å²) in [5.74, 6) is 0.840. The predicted octanol–water partition coefficient (Wildman–Crippen LogP) is 3.95. The average molecular weight is 362 g/mol. The molecule has 0 saturated heterocycles. The topological polar surface area (TPSA) is 93.2 Å². The van der Waals surface area contributed by atoms with E-state index in [1.807, 2.05) is 12.1 Å². The van der Waals surface area contributed by atoms with Gasteiger partial charge in [-0.25, -0.2) is 14.8 Å². The fourth-order valence-corrected chi connectivity index (χ4v) is 2.39. The Bertz CT molecular complexity index is 954. The molecule has 0 bridgehead atoms. The number of rotatable bonds is 6. The number of hydrogen-bond donors (Lipinski definition) is 2. The Hall–Kier alpha value is -3.74. The highest BCUT2D eigenvalue weighted by Crippen LogP contribution is 2.20. The second kappa shape index (κ2) is 8.09. The molecule has 0 amide bonds. The number of hydrogen-bond acceptors (Lipinski definition) is 7. The normalized spacial score (nSPS) is 10.1. The van der Waals surface area contributed by atoms with Gasteiger partial charge in [-0.05, 0) is 55.5 Å². The van der Waals surface area contributed by atoms with Crippen LogP contribution in [0.3, 0.4) is 0 Å². The Kier molecular flexibility index (Phi) is 5.41. The van der Waals surface area contributed by atoms with Crippen LogP contribution in [0, 0.1) is 0 Å². The van der Waals surface area contributed by atoms with Crippen LogP contribution in [0.5, 0.6) is 0 Å². The SMILES string of the molecule is COC(=O)c1ccc(Nc2cc(Nc3ccc(C(C)=O)cc3)ncn2)cc1. The number of aromatic nitrogens is 2. The van der Waals surface area contributed by atoms with E-state index in [0.29, 0.717) is 22.8 Å². The Labute approximate surface area is 156 Å². The van der Waals surface area contributed by atoms with Crippen LogP contribution in [0.15, 0.2) is 60.9 Å². The van der Waals surface area contributed by atoms with Gasteiger partial charge in [0.15, 0.2) is 5.78 Å². The van der Waals surface area contributed by atoms with Crippen LogP contribution in [0.25, 0.3) is 0 Å². The molecule has 0 spiro atoms. The first-order valence-electron chi connectivity index (χ1n) is 8.20. The van der Waals surface area contributed by atoms with Gasteiger partial charge in [0.05, 0.1) is 12.7 Å². The third-order valence-electron chi connectivity index (χ3n) is 3.81. The highest BCUT2D eigenvalue weighted by molar-refractivity contribution is 5.94. The van der Waals surface area contributed by atoms with Crippen molar-refractivity contribution in [1.82, 2.24) is 9.97 Å². The van der Waals surface area contributed by atoms with Gasteiger partial charge < -0.3 is 15.4 Å². The maximum Gasteiger partial charge on any atom is 0.337 e. The molecule has 136 valence electrons. The van der Waals surface area contributed by atoms with Gasteiger partial charge in [0.2, 0.25) is 0 Å². The smallest absolute Gasteiger partial charge is 0.337 e. The zero-order chi connectivity index (χ0) is 19.2. The Balaban J connectivity index is 1.70. The fraction of sp³-hybridized carbons (Fsp3) is 0.100. The minimum atomic E-state index is -0.383. The summed E-state index contributed by atoms with van der Waals surface area (Å²) in [5.41, 5.74) is 2.72.